The number of aryl methyl sites for hydroxylation is 1. The molecular weight excluding hydrogens is 472 g/mol. The van der Waals surface area contributed by atoms with Crippen LogP contribution in [0.25, 0.3) is 0 Å². The summed E-state index contributed by atoms with van der Waals surface area (Å²) in [5.74, 6) is -2.73. The van der Waals surface area contributed by atoms with Crippen molar-refractivity contribution in [3.63, 3.8) is 0 Å². The molecule has 34 heavy (non-hydrogen) atoms. The van der Waals surface area contributed by atoms with Gasteiger partial charge in [0.15, 0.2) is 11.6 Å². The highest BCUT2D eigenvalue weighted by Gasteiger charge is 2.29. The Bertz CT molecular complexity index is 1350. The predicted molar refractivity (Wildman–Crippen MR) is 120 cm³/mol. The van der Waals surface area contributed by atoms with Crippen LogP contribution in [0.5, 0.6) is 5.75 Å². The molecule has 3 aromatic carbocycles. The average molecular weight is 491 g/mol. The number of sulfonamides is 1. The molecule has 0 aliphatic carbocycles. The fourth-order valence-electron chi connectivity index (χ4n) is 3.04. The summed E-state index contributed by atoms with van der Waals surface area (Å²) >= 11 is 0. The maximum Gasteiger partial charge on any atom is 0.273 e. The lowest BCUT2D eigenvalue weighted by Gasteiger charge is -2.24. The van der Waals surface area contributed by atoms with Gasteiger partial charge >= 0.3 is 0 Å². The van der Waals surface area contributed by atoms with Crippen molar-refractivity contribution >= 4 is 33.0 Å². The molecule has 0 unspecified atom stereocenters. The minimum Gasteiger partial charge on any atom is -0.497 e. The van der Waals surface area contributed by atoms with Crippen LogP contribution < -0.4 is 14.4 Å². The molecule has 1 amide bonds. The van der Waals surface area contributed by atoms with Crippen molar-refractivity contribution < 1.29 is 31.7 Å². The summed E-state index contributed by atoms with van der Waals surface area (Å²) in [5.41, 5.74) is -0.149. The lowest BCUT2D eigenvalue weighted by atomic mass is 10.2. The van der Waals surface area contributed by atoms with E-state index >= 15 is 0 Å². The monoisotopic (exact) mass is 491 g/mol. The van der Waals surface area contributed by atoms with Gasteiger partial charge in [-0.3, -0.25) is 19.2 Å². The number of halogens is 2. The zero-order valence-corrected chi connectivity index (χ0v) is 18.8. The summed E-state index contributed by atoms with van der Waals surface area (Å²) in [7, 11) is -3.03. The highest BCUT2D eigenvalue weighted by molar-refractivity contribution is 7.92. The minimum atomic E-state index is -4.46. The molecule has 0 aromatic heterocycles. The molecule has 12 heteroatoms. The van der Waals surface area contributed by atoms with Crippen LogP contribution in [0.1, 0.15) is 5.56 Å². The summed E-state index contributed by atoms with van der Waals surface area (Å²) in [5, 5.41) is 13.6. The molecule has 0 heterocycles. The number of hydrogen-bond acceptors (Lipinski definition) is 6. The van der Waals surface area contributed by atoms with Gasteiger partial charge in [0.2, 0.25) is 5.91 Å². The number of anilines is 2. The first-order chi connectivity index (χ1) is 16.0. The van der Waals surface area contributed by atoms with E-state index in [2.05, 4.69) is 5.32 Å². The standard InChI is InChI=1S/C22H19F2N3O6S/c1-14-3-9-18(12-21(14)27(29)30)34(31,32)26(16-5-7-17(33-2)8-6-16)13-22(28)25-15-4-10-19(23)20(24)11-15/h3-12H,13H2,1-2H3,(H,25,28). The van der Waals surface area contributed by atoms with Gasteiger partial charge in [-0.1, -0.05) is 6.07 Å². The van der Waals surface area contributed by atoms with Gasteiger partial charge in [0.1, 0.15) is 12.3 Å². The van der Waals surface area contributed by atoms with Crippen molar-refractivity contribution in [1.82, 2.24) is 0 Å². The van der Waals surface area contributed by atoms with Crippen LogP contribution in [0.3, 0.4) is 0 Å². The van der Waals surface area contributed by atoms with E-state index < -0.39 is 49.6 Å². The molecule has 0 aliphatic rings. The van der Waals surface area contributed by atoms with Gasteiger partial charge in [-0.05, 0) is 49.4 Å². The first-order valence-corrected chi connectivity index (χ1v) is 11.1. The second-order valence-corrected chi connectivity index (χ2v) is 8.95. The number of methoxy groups -OCH3 is 1. The largest absolute Gasteiger partial charge is 0.497 e. The fraction of sp³-hybridized carbons (Fsp3) is 0.136. The number of amides is 1. The van der Waals surface area contributed by atoms with Crippen LogP contribution in [-0.4, -0.2) is 32.9 Å². The van der Waals surface area contributed by atoms with E-state index in [0.717, 1.165) is 28.6 Å². The van der Waals surface area contributed by atoms with E-state index in [9.17, 15) is 32.1 Å². The number of benzene rings is 3. The van der Waals surface area contributed by atoms with Crippen LogP contribution in [0.15, 0.2) is 65.6 Å². The van der Waals surface area contributed by atoms with E-state index in [0.29, 0.717) is 5.75 Å². The summed E-state index contributed by atoms with van der Waals surface area (Å²) < 4.78 is 59.3. The lowest BCUT2D eigenvalue weighted by Crippen LogP contribution is -2.38. The molecule has 0 aliphatic heterocycles. The number of nitrogens with zero attached hydrogens (tertiary/aromatic N) is 2. The maximum atomic E-state index is 13.5. The third-order valence-corrected chi connectivity index (χ3v) is 6.59. The Hall–Kier alpha value is -4.06. The maximum absolute atomic E-state index is 13.5. The van der Waals surface area contributed by atoms with E-state index in [-0.39, 0.29) is 16.9 Å². The normalized spacial score (nSPS) is 11.1. The number of nitro benzene ring substituents is 1. The molecule has 0 bridgehead atoms. The zero-order chi connectivity index (χ0) is 25.0. The van der Waals surface area contributed by atoms with Gasteiger partial charge in [-0.15, -0.1) is 0 Å². The number of carbonyl (C=O) groups excluding carboxylic acids is 1. The Kier molecular flexibility index (Phi) is 7.11. The second kappa shape index (κ2) is 9.83. The van der Waals surface area contributed by atoms with Gasteiger partial charge in [0.25, 0.3) is 15.7 Å². The third kappa shape index (κ3) is 5.29. The molecule has 3 aromatic rings. The molecule has 9 nitrogen and oxygen atoms in total. The van der Waals surface area contributed by atoms with Crippen molar-refractivity contribution in [2.45, 2.75) is 11.8 Å². The van der Waals surface area contributed by atoms with E-state index in [1.54, 1.807) is 0 Å². The van der Waals surface area contributed by atoms with E-state index in [4.69, 9.17) is 4.74 Å². The Morgan fingerprint density at radius 2 is 1.74 bits per heavy atom. The number of hydrogen-bond donors (Lipinski definition) is 1. The number of rotatable bonds is 8. The van der Waals surface area contributed by atoms with Crippen molar-refractivity contribution in [2.75, 3.05) is 23.3 Å². The highest BCUT2D eigenvalue weighted by atomic mass is 32.2. The van der Waals surface area contributed by atoms with Gasteiger partial charge in [-0.2, -0.15) is 0 Å². The topological polar surface area (TPSA) is 119 Å². The van der Waals surface area contributed by atoms with Crippen LogP contribution in [0.2, 0.25) is 0 Å². The first kappa shape index (κ1) is 24.6. The molecule has 0 atom stereocenters. The molecule has 0 saturated heterocycles. The quantitative estimate of drug-likeness (QED) is 0.376. The first-order valence-electron chi connectivity index (χ1n) is 9.69. The zero-order valence-electron chi connectivity index (χ0n) is 18.0. The molecular formula is C22H19F2N3O6S. The van der Waals surface area contributed by atoms with Gasteiger partial charge in [0, 0.05) is 23.4 Å². The van der Waals surface area contributed by atoms with E-state index in [1.807, 2.05) is 0 Å². The van der Waals surface area contributed by atoms with Crippen LogP contribution in [-0.2, 0) is 14.8 Å². The average Bonchev–Trinajstić information content (AvgIpc) is 2.80. The second-order valence-electron chi connectivity index (χ2n) is 7.09. The number of carbonyl (C=O) groups is 1. The number of nitrogens with one attached hydrogen (secondary N) is 1. The minimum absolute atomic E-state index is 0.0736. The van der Waals surface area contributed by atoms with Gasteiger partial charge in [0.05, 0.1) is 22.6 Å². The molecule has 0 radical (unpaired) electrons. The van der Waals surface area contributed by atoms with Crippen molar-refractivity contribution in [2.24, 2.45) is 0 Å². The Morgan fingerprint density at radius 1 is 1.06 bits per heavy atom. The van der Waals surface area contributed by atoms with E-state index in [1.165, 1.54) is 50.4 Å². The summed E-state index contributed by atoms with van der Waals surface area (Å²) in [6, 6.07) is 11.8. The molecule has 1 N–H and O–H groups in total. The van der Waals surface area contributed by atoms with Crippen LogP contribution in [0, 0.1) is 28.7 Å². The highest BCUT2D eigenvalue weighted by Crippen LogP contribution is 2.29. The van der Waals surface area contributed by atoms with Crippen molar-refractivity contribution in [1.29, 1.82) is 0 Å². The van der Waals surface area contributed by atoms with Crippen molar-refractivity contribution in [3.8, 4) is 5.75 Å². The molecule has 3 rings (SSSR count). The fourth-order valence-corrected chi connectivity index (χ4v) is 4.48. The summed E-state index contributed by atoms with van der Waals surface area (Å²) in [6.07, 6.45) is 0. The molecule has 0 saturated carbocycles. The van der Waals surface area contributed by atoms with Crippen molar-refractivity contribution in [3.05, 3.63) is 88.0 Å². The smallest absolute Gasteiger partial charge is 0.273 e. The summed E-state index contributed by atoms with van der Waals surface area (Å²) in [4.78, 5) is 22.9. The third-order valence-electron chi connectivity index (χ3n) is 4.82. The molecule has 178 valence electrons. The Balaban J connectivity index is 2.00. The van der Waals surface area contributed by atoms with Gasteiger partial charge in [-0.25, -0.2) is 17.2 Å². The predicted octanol–water partition coefficient (Wildman–Crippen LogP) is 4.02. The van der Waals surface area contributed by atoms with Crippen LogP contribution in [0.4, 0.5) is 25.8 Å². The van der Waals surface area contributed by atoms with Gasteiger partial charge < -0.3 is 10.1 Å². The molecule has 0 fully saturated rings. The van der Waals surface area contributed by atoms with Crippen LogP contribution >= 0.6 is 0 Å². The number of nitro groups is 1. The molecule has 0 spiro atoms. The number of ether oxygens (including phenoxy) is 1. The Morgan fingerprint density at radius 3 is 2.32 bits per heavy atom. The summed E-state index contributed by atoms with van der Waals surface area (Å²) in [6.45, 7) is 0.709. The SMILES string of the molecule is COc1ccc(N(CC(=O)Nc2ccc(F)c(F)c2)S(=O)(=O)c2ccc(C)c([N+](=O)[O-])c2)cc1. The lowest BCUT2D eigenvalue weighted by molar-refractivity contribution is -0.385. The Labute approximate surface area is 193 Å².